The van der Waals surface area contributed by atoms with Crippen LogP contribution in [-0.4, -0.2) is 47.3 Å². The second kappa shape index (κ2) is 9.98. The van der Waals surface area contributed by atoms with Gasteiger partial charge in [-0.1, -0.05) is 23.7 Å². The zero-order valence-electron chi connectivity index (χ0n) is 17.9. The first kappa shape index (κ1) is 24.8. The number of halogens is 4. The molecule has 0 bridgehead atoms. The molecule has 0 aliphatic carbocycles. The van der Waals surface area contributed by atoms with Gasteiger partial charge in [-0.2, -0.15) is 13.2 Å². The number of alkyl halides is 3. The average molecular weight is 486 g/mol. The van der Waals surface area contributed by atoms with E-state index in [1.54, 1.807) is 12.1 Å². The Morgan fingerprint density at radius 2 is 1.76 bits per heavy atom. The van der Waals surface area contributed by atoms with Crippen molar-refractivity contribution in [1.29, 1.82) is 0 Å². The van der Waals surface area contributed by atoms with Crippen molar-refractivity contribution in [2.24, 2.45) is 0 Å². The Balaban J connectivity index is 1.98. The molecule has 2 N–H and O–H groups in total. The van der Waals surface area contributed by atoms with E-state index >= 15 is 0 Å². The maximum absolute atomic E-state index is 13.5. The molecule has 7 nitrogen and oxygen atoms in total. The summed E-state index contributed by atoms with van der Waals surface area (Å²) < 4.78 is 46.0. The van der Waals surface area contributed by atoms with Gasteiger partial charge in [0.2, 0.25) is 0 Å². The smallest absolute Gasteiger partial charge is 0.372 e. The SMILES string of the molecule is CC1CN(C(=O)N(Cc2ccc(C(=O)NO)cc2)c2ccc(Cl)c(C(F)(F)F)c2)CC(C)O1. The number of nitrogens with zero attached hydrogens (tertiary/aromatic N) is 2. The number of carbonyl (C=O) groups is 2. The monoisotopic (exact) mass is 485 g/mol. The second-order valence-corrected chi connectivity index (χ2v) is 8.24. The van der Waals surface area contributed by atoms with Gasteiger partial charge < -0.3 is 9.64 Å². The number of anilines is 1. The molecule has 2 aromatic carbocycles. The van der Waals surface area contributed by atoms with Gasteiger partial charge in [-0.3, -0.25) is 14.9 Å². The number of hydrogen-bond acceptors (Lipinski definition) is 4. The highest BCUT2D eigenvalue weighted by atomic mass is 35.5. The molecule has 1 fully saturated rings. The predicted molar refractivity (Wildman–Crippen MR) is 115 cm³/mol. The van der Waals surface area contributed by atoms with E-state index in [2.05, 4.69) is 0 Å². The highest BCUT2D eigenvalue weighted by Crippen LogP contribution is 2.37. The molecule has 3 rings (SSSR count). The number of carbonyl (C=O) groups excluding carboxylic acids is 2. The van der Waals surface area contributed by atoms with Gasteiger partial charge in [0, 0.05) is 24.3 Å². The van der Waals surface area contributed by atoms with E-state index in [-0.39, 0.29) is 43.1 Å². The van der Waals surface area contributed by atoms with E-state index in [4.69, 9.17) is 21.5 Å². The standard InChI is InChI=1S/C22H23ClF3N3O4/c1-13-10-28(11-14(2)33-13)21(31)29(12-15-3-5-16(6-4-15)20(30)27-32)17-7-8-19(23)18(9-17)22(24,25)26/h3-9,13-14,32H,10-12H2,1-2H3,(H,27,30). The fourth-order valence-corrected chi connectivity index (χ4v) is 3.91. The lowest BCUT2D eigenvalue weighted by Crippen LogP contribution is -2.52. The molecule has 1 aliphatic heterocycles. The zero-order valence-corrected chi connectivity index (χ0v) is 18.7. The van der Waals surface area contributed by atoms with E-state index in [1.165, 1.54) is 33.5 Å². The molecule has 0 saturated carbocycles. The summed E-state index contributed by atoms with van der Waals surface area (Å²) in [6.45, 7) is 4.15. The average Bonchev–Trinajstić information content (AvgIpc) is 2.76. The lowest BCUT2D eigenvalue weighted by molar-refractivity contribution is -0.137. The van der Waals surface area contributed by atoms with Crippen LogP contribution in [0.5, 0.6) is 0 Å². The molecule has 33 heavy (non-hydrogen) atoms. The summed E-state index contributed by atoms with van der Waals surface area (Å²) in [5, 5.41) is 8.29. The molecule has 3 amide bonds. The van der Waals surface area contributed by atoms with Gasteiger partial charge in [0.05, 0.1) is 29.3 Å². The van der Waals surface area contributed by atoms with Gasteiger partial charge in [0.1, 0.15) is 0 Å². The number of nitrogens with one attached hydrogen (secondary N) is 1. The number of hydrogen-bond donors (Lipinski definition) is 2. The third-order valence-electron chi connectivity index (χ3n) is 5.15. The highest BCUT2D eigenvalue weighted by molar-refractivity contribution is 6.31. The first-order valence-electron chi connectivity index (χ1n) is 10.1. The number of amides is 3. The molecule has 2 atom stereocenters. The van der Waals surface area contributed by atoms with Crippen molar-refractivity contribution in [1.82, 2.24) is 10.4 Å². The van der Waals surface area contributed by atoms with E-state index in [9.17, 15) is 22.8 Å². The van der Waals surface area contributed by atoms with Gasteiger partial charge in [-0.15, -0.1) is 0 Å². The summed E-state index contributed by atoms with van der Waals surface area (Å²) in [5.74, 6) is -0.710. The van der Waals surface area contributed by atoms with Gasteiger partial charge in [0.25, 0.3) is 5.91 Å². The van der Waals surface area contributed by atoms with Crippen molar-refractivity contribution < 1.29 is 32.7 Å². The molecular formula is C22H23ClF3N3O4. The summed E-state index contributed by atoms with van der Waals surface area (Å²) in [6.07, 6.45) is -5.15. The minimum absolute atomic E-state index is 0.0284. The Morgan fingerprint density at radius 1 is 1.15 bits per heavy atom. The first-order valence-corrected chi connectivity index (χ1v) is 10.5. The van der Waals surface area contributed by atoms with Crippen LogP contribution in [0.2, 0.25) is 5.02 Å². The Labute approximate surface area is 193 Å². The summed E-state index contributed by atoms with van der Waals surface area (Å²) in [7, 11) is 0. The number of hydroxylamine groups is 1. The molecular weight excluding hydrogens is 463 g/mol. The molecule has 1 aliphatic rings. The summed E-state index contributed by atoms with van der Waals surface area (Å²) in [5.41, 5.74) is 1.25. The lowest BCUT2D eigenvalue weighted by atomic mass is 10.1. The summed E-state index contributed by atoms with van der Waals surface area (Å²) >= 11 is 5.76. The molecule has 11 heteroatoms. The number of benzene rings is 2. The highest BCUT2D eigenvalue weighted by Gasteiger charge is 2.35. The topological polar surface area (TPSA) is 82.1 Å². The van der Waals surface area contributed by atoms with Crippen molar-refractivity contribution >= 4 is 29.2 Å². The fourth-order valence-electron chi connectivity index (χ4n) is 3.68. The van der Waals surface area contributed by atoms with E-state index in [1.807, 2.05) is 13.8 Å². The second-order valence-electron chi connectivity index (χ2n) is 7.83. The first-order chi connectivity index (χ1) is 15.5. The Morgan fingerprint density at radius 3 is 2.30 bits per heavy atom. The Hall–Kier alpha value is -2.82. The van der Waals surface area contributed by atoms with Gasteiger partial charge in [-0.05, 0) is 49.7 Å². The minimum Gasteiger partial charge on any atom is -0.372 e. The number of morpholine rings is 1. The van der Waals surface area contributed by atoms with Gasteiger partial charge in [-0.25, -0.2) is 10.3 Å². The molecule has 2 aromatic rings. The van der Waals surface area contributed by atoms with Crippen LogP contribution in [0.1, 0.15) is 35.3 Å². The van der Waals surface area contributed by atoms with E-state index < -0.39 is 28.7 Å². The van der Waals surface area contributed by atoms with Crippen molar-refractivity contribution in [3.05, 3.63) is 64.2 Å². The van der Waals surface area contributed by atoms with Crippen LogP contribution >= 0.6 is 11.6 Å². The van der Waals surface area contributed by atoms with Crippen molar-refractivity contribution in [3.8, 4) is 0 Å². The number of rotatable bonds is 4. The molecule has 0 radical (unpaired) electrons. The summed E-state index contributed by atoms with van der Waals surface area (Å²) in [6, 6.07) is 8.81. The van der Waals surface area contributed by atoms with Gasteiger partial charge >= 0.3 is 12.2 Å². The van der Waals surface area contributed by atoms with Crippen LogP contribution in [0.3, 0.4) is 0 Å². The molecule has 1 saturated heterocycles. The fraction of sp³-hybridized carbons (Fsp3) is 0.364. The molecule has 2 unspecified atom stereocenters. The minimum atomic E-state index is -4.69. The molecule has 1 heterocycles. The van der Waals surface area contributed by atoms with Crippen LogP contribution < -0.4 is 10.4 Å². The van der Waals surface area contributed by atoms with Crippen LogP contribution in [-0.2, 0) is 17.5 Å². The number of urea groups is 1. The molecule has 178 valence electrons. The van der Waals surface area contributed by atoms with Crippen LogP contribution in [0, 0.1) is 0 Å². The zero-order chi connectivity index (χ0) is 24.3. The van der Waals surface area contributed by atoms with E-state index in [0.29, 0.717) is 5.56 Å². The Bertz CT molecular complexity index is 1010. The Kier molecular flexibility index (Phi) is 7.51. The van der Waals surface area contributed by atoms with Crippen LogP contribution in [0.4, 0.5) is 23.7 Å². The molecule has 0 spiro atoms. The third kappa shape index (κ3) is 5.95. The summed E-state index contributed by atoms with van der Waals surface area (Å²) in [4.78, 5) is 27.8. The normalized spacial score (nSPS) is 18.7. The largest absolute Gasteiger partial charge is 0.417 e. The van der Waals surface area contributed by atoms with Crippen molar-refractivity contribution in [3.63, 3.8) is 0 Å². The third-order valence-corrected chi connectivity index (χ3v) is 5.48. The molecule has 0 aromatic heterocycles. The van der Waals surface area contributed by atoms with E-state index in [0.717, 1.165) is 12.1 Å². The maximum Gasteiger partial charge on any atom is 0.417 e. The van der Waals surface area contributed by atoms with Crippen molar-refractivity contribution in [2.75, 3.05) is 18.0 Å². The number of ether oxygens (including phenoxy) is 1. The predicted octanol–water partition coefficient (Wildman–Crippen LogP) is 4.71. The van der Waals surface area contributed by atoms with Gasteiger partial charge in [0.15, 0.2) is 0 Å². The van der Waals surface area contributed by atoms with Crippen LogP contribution in [0.15, 0.2) is 42.5 Å². The maximum atomic E-state index is 13.5. The quantitative estimate of drug-likeness (QED) is 0.485. The van der Waals surface area contributed by atoms with Crippen LogP contribution in [0.25, 0.3) is 0 Å². The lowest BCUT2D eigenvalue weighted by Gasteiger charge is -2.38. The van der Waals surface area contributed by atoms with Crippen molar-refractivity contribution in [2.45, 2.75) is 38.8 Å².